The van der Waals surface area contributed by atoms with Crippen molar-refractivity contribution < 1.29 is 19.1 Å². The van der Waals surface area contributed by atoms with Gasteiger partial charge in [0.05, 0.1) is 26.5 Å². The number of hydrogen-bond donors (Lipinski definition) is 0. The van der Waals surface area contributed by atoms with Crippen LogP contribution < -0.4 is 4.74 Å². The highest BCUT2D eigenvalue weighted by Crippen LogP contribution is 2.13. The minimum Gasteiger partial charge on any atom is -0.494 e. The zero-order valence-corrected chi connectivity index (χ0v) is 16.4. The predicted molar refractivity (Wildman–Crippen MR) is 107 cm³/mol. The summed E-state index contributed by atoms with van der Waals surface area (Å²) in [5.41, 5.74) is 0.906. The molecule has 0 spiro atoms. The van der Waals surface area contributed by atoms with Crippen molar-refractivity contribution in [2.75, 3.05) is 26.8 Å². The molecule has 0 aliphatic heterocycles. The maximum atomic E-state index is 12.6. The van der Waals surface area contributed by atoms with Gasteiger partial charge < -0.3 is 18.9 Å². The number of aryl methyl sites for hydroxylation is 1. The first-order valence-electron chi connectivity index (χ1n) is 9.34. The lowest BCUT2D eigenvalue weighted by Crippen LogP contribution is -2.33. The molecule has 150 valence electrons. The Balaban J connectivity index is 1.94. The number of hydrogen-bond acceptors (Lipinski definition) is 5. The van der Waals surface area contributed by atoms with Crippen molar-refractivity contribution in [1.29, 1.82) is 0 Å². The summed E-state index contributed by atoms with van der Waals surface area (Å²) in [4.78, 5) is 29.8. The van der Waals surface area contributed by atoms with Crippen LogP contribution in [0.5, 0.6) is 5.75 Å². The van der Waals surface area contributed by atoms with Gasteiger partial charge in [0.1, 0.15) is 5.75 Å². The lowest BCUT2D eigenvalue weighted by Gasteiger charge is -2.21. The number of carbonyl (C=O) groups excluding carboxylic acids is 2. The third-order valence-corrected chi connectivity index (χ3v) is 4.14. The average molecular weight is 385 g/mol. The molecule has 7 heteroatoms. The third-order valence-electron chi connectivity index (χ3n) is 4.14. The summed E-state index contributed by atoms with van der Waals surface area (Å²) >= 11 is 0. The first-order valence-corrected chi connectivity index (χ1v) is 9.34. The Kier molecular flexibility index (Phi) is 8.78. The molecule has 1 heterocycles. The minimum absolute atomic E-state index is 0.136. The lowest BCUT2D eigenvalue weighted by molar-refractivity contribution is -0.141. The van der Waals surface area contributed by atoms with Gasteiger partial charge in [0, 0.05) is 38.1 Å². The maximum Gasteiger partial charge on any atom is 0.307 e. The minimum atomic E-state index is -0.331. The average Bonchev–Trinajstić information content (AvgIpc) is 3.23. The van der Waals surface area contributed by atoms with Gasteiger partial charge >= 0.3 is 5.97 Å². The molecule has 28 heavy (non-hydrogen) atoms. The van der Waals surface area contributed by atoms with Crippen LogP contribution in [-0.4, -0.2) is 53.1 Å². The molecule has 0 fully saturated rings. The van der Waals surface area contributed by atoms with Crippen LogP contribution in [0.4, 0.5) is 0 Å². The Morgan fingerprint density at radius 2 is 2.00 bits per heavy atom. The van der Waals surface area contributed by atoms with E-state index in [9.17, 15) is 9.59 Å². The van der Waals surface area contributed by atoms with Gasteiger partial charge in [-0.1, -0.05) is 12.1 Å². The molecule has 2 rings (SSSR count). The van der Waals surface area contributed by atoms with Crippen LogP contribution in [0.25, 0.3) is 6.08 Å². The van der Waals surface area contributed by atoms with E-state index < -0.39 is 0 Å². The topological polar surface area (TPSA) is 73.7 Å². The van der Waals surface area contributed by atoms with Crippen LogP contribution in [0.2, 0.25) is 0 Å². The Bertz CT molecular complexity index is 754. The molecular weight excluding hydrogens is 358 g/mol. The zero-order valence-electron chi connectivity index (χ0n) is 16.4. The molecule has 1 amide bonds. The van der Waals surface area contributed by atoms with Crippen LogP contribution in [-0.2, 0) is 20.9 Å². The summed E-state index contributed by atoms with van der Waals surface area (Å²) in [6.07, 6.45) is 9.58. The van der Waals surface area contributed by atoms with Crippen molar-refractivity contribution in [1.82, 2.24) is 14.5 Å². The van der Waals surface area contributed by atoms with E-state index in [4.69, 9.17) is 4.74 Å². The number of amides is 1. The predicted octanol–water partition coefficient (Wildman–Crippen LogP) is 2.78. The second-order valence-corrected chi connectivity index (χ2v) is 6.14. The number of ether oxygens (including phenoxy) is 2. The van der Waals surface area contributed by atoms with E-state index in [-0.39, 0.29) is 18.3 Å². The maximum absolute atomic E-state index is 12.6. The number of aromatic nitrogens is 2. The highest BCUT2D eigenvalue weighted by atomic mass is 16.5. The molecule has 7 nitrogen and oxygen atoms in total. The normalized spacial score (nSPS) is 10.8. The van der Waals surface area contributed by atoms with Gasteiger partial charge in [0.2, 0.25) is 5.91 Å². The fraction of sp³-hybridized carbons (Fsp3) is 0.381. The van der Waals surface area contributed by atoms with Crippen LogP contribution >= 0.6 is 0 Å². The van der Waals surface area contributed by atoms with E-state index in [1.165, 1.54) is 13.2 Å². The van der Waals surface area contributed by atoms with Gasteiger partial charge in [0.25, 0.3) is 0 Å². The molecule has 0 radical (unpaired) electrons. The SMILES string of the molecule is CCOc1ccc(/C=C/C(=O)N(CCCn2ccnc2)CCC(=O)OC)cc1. The summed E-state index contributed by atoms with van der Waals surface area (Å²) in [6.45, 7) is 4.17. The molecule has 0 aliphatic carbocycles. The van der Waals surface area contributed by atoms with Gasteiger partial charge in [-0.15, -0.1) is 0 Å². The molecule has 0 saturated carbocycles. The number of methoxy groups -OCH3 is 1. The van der Waals surface area contributed by atoms with Crippen molar-refractivity contribution >= 4 is 18.0 Å². The zero-order chi connectivity index (χ0) is 20.2. The van der Waals surface area contributed by atoms with E-state index >= 15 is 0 Å². The van der Waals surface area contributed by atoms with Crippen molar-refractivity contribution in [2.24, 2.45) is 0 Å². The fourth-order valence-corrected chi connectivity index (χ4v) is 2.64. The van der Waals surface area contributed by atoms with Crippen molar-refractivity contribution in [3.05, 3.63) is 54.6 Å². The Labute approximate surface area is 165 Å². The van der Waals surface area contributed by atoms with Crippen LogP contribution in [0, 0.1) is 0 Å². The quantitative estimate of drug-likeness (QED) is 0.439. The molecule has 2 aromatic rings. The fourth-order valence-electron chi connectivity index (χ4n) is 2.64. The van der Waals surface area contributed by atoms with E-state index in [0.717, 1.165) is 24.3 Å². The number of carbonyl (C=O) groups is 2. The van der Waals surface area contributed by atoms with Gasteiger partial charge in [0.15, 0.2) is 0 Å². The second-order valence-electron chi connectivity index (χ2n) is 6.14. The largest absolute Gasteiger partial charge is 0.494 e. The summed E-state index contributed by atoms with van der Waals surface area (Å²) in [7, 11) is 1.35. The molecular formula is C21H27N3O4. The first kappa shape index (κ1) is 21.2. The molecule has 0 unspecified atom stereocenters. The lowest BCUT2D eigenvalue weighted by atomic mass is 10.2. The Morgan fingerprint density at radius 3 is 2.64 bits per heavy atom. The summed E-state index contributed by atoms with van der Waals surface area (Å²) in [5, 5.41) is 0. The summed E-state index contributed by atoms with van der Waals surface area (Å²) in [5.74, 6) is 0.330. The highest BCUT2D eigenvalue weighted by Gasteiger charge is 2.13. The van der Waals surface area contributed by atoms with E-state index in [2.05, 4.69) is 9.72 Å². The van der Waals surface area contributed by atoms with Gasteiger partial charge in [-0.05, 0) is 37.1 Å². The van der Waals surface area contributed by atoms with Crippen molar-refractivity contribution in [3.8, 4) is 5.75 Å². The summed E-state index contributed by atoms with van der Waals surface area (Å²) in [6, 6.07) is 7.53. The van der Waals surface area contributed by atoms with Crippen molar-refractivity contribution in [2.45, 2.75) is 26.3 Å². The van der Waals surface area contributed by atoms with Gasteiger partial charge in [-0.3, -0.25) is 9.59 Å². The highest BCUT2D eigenvalue weighted by molar-refractivity contribution is 5.92. The van der Waals surface area contributed by atoms with Crippen LogP contribution in [0.1, 0.15) is 25.3 Å². The number of nitrogens with zero attached hydrogens (tertiary/aromatic N) is 3. The van der Waals surface area contributed by atoms with Gasteiger partial charge in [-0.2, -0.15) is 0 Å². The molecule has 1 aromatic heterocycles. The molecule has 0 aliphatic rings. The first-order chi connectivity index (χ1) is 13.6. The third kappa shape index (κ3) is 7.26. The second kappa shape index (κ2) is 11.6. The number of rotatable bonds is 11. The van der Waals surface area contributed by atoms with E-state index in [0.29, 0.717) is 19.7 Å². The monoisotopic (exact) mass is 385 g/mol. The smallest absolute Gasteiger partial charge is 0.307 e. The molecule has 1 aromatic carbocycles. The van der Waals surface area contributed by atoms with Crippen LogP contribution in [0.3, 0.4) is 0 Å². The van der Waals surface area contributed by atoms with E-state index in [1.54, 1.807) is 23.5 Å². The molecule has 0 bridgehead atoms. The van der Waals surface area contributed by atoms with Crippen LogP contribution in [0.15, 0.2) is 49.1 Å². The molecule has 0 atom stereocenters. The molecule has 0 saturated heterocycles. The Morgan fingerprint density at radius 1 is 1.21 bits per heavy atom. The van der Waals surface area contributed by atoms with Gasteiger partial charge in [-0.25, -0.2) is 4.98 Å². The number of imidazole rings is 1. The number of esters is 1. The van der Waals surface area contributed by atoms with E-state index in [1.807, 2.05) is 42.0 Å². The Hall–Kier alpha value is -3.09. The van der Waals surface area contributed by atoms with Crippen molar-refractivity contribution in [3.63, 3.8) is 0 Å². The number of benzene rings is 1. The summed E-state index contributed by atoms with van der Waals surface area (Å²) < 4.78 is 12.1. The molecule has 0 N–H and O–H groups in total. The standard InChI is InChI=1S/C21H27N3O4/c1-3-28-19-8-5-18(6-9-19)7-10-20(25)24(15-11-21(26)27-2)14-4-13-23-16-12-22-17-23/h5-10,12,16-17H,3-4,11,13-15H2,1-2H3/b10-7+.